The van der Waals surface area contributed by atoms with Gasteiger partial charge in [0.25, 0.3) is 0 Å². The number of halogens is 1. The second-order valence-corrected chi connectivity index (χ2v) is 2.97. The van der Waals surface area contributed by atoms with Crippen LogP contribution in [0.15, 0.2) is 0 Å². The molecule has 0 unspecified atom stereocenters. The van der Waals surface area contributed by atoms with Gasteiger partial charge < -0.3 is 59.9 Å². The first kappa shape index (κ1) is 49.9. The summed E-state index contributed by atoms with van der Waals surface area (Å²) in [6.45, 7) is 5.01. The standard InChI is InChI=1S/5C2H7NO.C2H7N.ClH.Co/c5*3-1-2-4;1-2-3;;/h5*4H,1-3H2;2-3H2,1H3;1H;. The van der Waals surface area contributed by atoms with Gasteiger partial charge in [0.1, 0.15) is 0 Å². The first-order chi connectivity index (χ1) is 11.0. The van der Waals surface area contributed by atoms with Gasteiger partial charge in [0.15, 0.2) is 0 Å². The van der Waals surface area contributed by atoms with Crippen LogP contribution in [0.2, 0.25) is 0 Å². The minimum Gasteiger partial charge on any atom is -0.395 e. The number of rotatable bonds is 5. The molecule has 0 aromatic carbocycles. The van der Waals surface area contributed by atoms with Gasteiger partial charge in [-0.3, -0.25) is 0 Å². The molecule has 0 aromatic heterocycles. The number of aliphatic hydroxyl groups is 5. The average Bonchev–Trinajstić information content (AvgIpc) is 2.62. The predicted octanol–water partition coefficient (Wildman–Crippen LogP) is -4.93. The molecule has 0 atom stereocenters. The van der Waals surface area contributed by atoms with Crippen molar-refractivity contribution >= 4 is 12.4 Å². The quantitative estimate of drug-likeness (QED) is 0.191. The van der Waals surface area contributed by atoms with Crippen molar-refractivity contribution in [1.29, 1.82) is 0 Å². The molecule has 0 amide bonds. The largest absolute Gasteiger partial charge is 0.395 e. The molecule has 0 rings (SSSR count). The van der Waals surface area contributed by atoms with E-state index in [4.69, 9.17) is 59.9 Å². The van der Waals surface area contributed by atoms with E-state index in [1.54, 1.807) is 0 Å². The molecule has 0 saturated heterocycles. The van der Waals surface area contributed by atoms with Crippen LogP contribution in [0.25, 0.3) is 0 Å². The summed E-state index contributed by atoms with van der Waals surface area (Å²) in [5.41, 5.74) is 28.7. The zero-order valence-corrected chi connectivity index (χ0v) is 17.1. The van der Waals surface area contributed by atoms with Crippen molar-refractivity contribution in [2.24, 2.45) is 34.4 Å². The maximum Gasteiger partial charge on any atom is 0.0553 e. The topological polar surface area (TPSA) is 257 Å². The maximum absolute atomic E-state index is 7.75. The summed E-state index contributed by atoms with van der Waals surface area (Å²) in [5.74, 6) is 0. The fourth-order valence-corrected chi connectivity index (χ4v) is 0. The number of aliphatic hydroxyl groups excluding tert-OH is 5. The Bertz CT molecular complexity index is 88.8. The van der Waals surface area contributed by atoms with Gasteiger partial charge in [0.2, 0.25) is 0 Å². The summed E-state index contributed by atoms with van der Waals surface area (Å²) < 4.78 is 0. The van der Waals surface area contributed by atoms with Crippen LogP contribution in [0.4, 0.5) is 0 Å². The number of hydrogen-bond donors (Lipinski definition) is 11. The van der Waals surface area contributed by atoms with Crippen LogP contribution in [0.1, 0.15) is 6.92 Å². The van der Waals surface area contributed by atoms with E-state index in [-0.39, 0.29) is 62.2 Å². The second-order valence-electron chi connectivity index (χ2n) is 2.97. The van der Waals surface area contributed by atoms with Crippen molar-refractivity contribution in [1.82, 2.24) is 0 Å². The van der Waals surface area contributed by atoms with E-state index < -0.39 is 0 Å². The zero-order valence-electron chi connectivity index (χ0n) is 15.2. The fraction of sp³-hybridized carbons (Fsp3) is 1.00. The van der Waals surface area contributed by atoms with Gasteiger partial charge in [0.05, 0.1) is 33.0 Å². The minimum atomic E-state index is 0. The first-order valence-electron chi connectivity index (χ1n) is 7.24. The Hall–Kier alpha value is 0.356. The van der Waals surface area contributed by atoms with Crippen molar-refractivity contribution in [3.05, 3.63) is 0 Å². The van der Waals surface area contributed by atoms with Gasteiger partial charge in [-0.1, -0.05) is 6.92 Å². The van der Waals surface area contributed by atoms with E-state index in [1.165, 1.54) is 0 Å². The first-order valence-corrected chi connectivity index (χ1v) is 7.24. The third-order valence-electron chi connectivity index (χ3n) is 0.645. The Balaban J connectivity index is -0.0000000228. The van der Waals surface area contributed by atoms with E-state index in [1.807, 2.05) is 6.92 Å². The summed E-state index contributed by atoms with van der Waals surface area (Å²) in [4.78, 5) is 0. The molecular weight excluding hydrogens is 403 g/mol. The number of hydrogen-bond acceptors (Lipinski definition) is 11. The molecule has 0 spiro atoms. The summed E-state index contributed by atoms with van der Waals surface area (Å²) in [5, 5.41) is 38.8. The Kier molecular flexibility index (Phi) is 206. The van der Waals surface area contributed by atoms with Crippen molar-refractivity contribution in [2.75, 3.05) is 72.3 Å². The van der Waals surface area contributed by atoms with Crippen LogP contribution < -0.4 is 34.4 Å². The smallest absolute Gasteiger partial charge is 0.0553 e. The van der Waals surface area contributed by atoms with Crippen LogP contribution in [0.3, 0.4) is 0 Å². The molecule has 0 bridgehead atoms. The van der Waals surface area contributed by atoms with E-state index in [0.717, 1.165) is 6.54 Å². The average molecular weight is 446 g/mol. The fourth-order valence-electron chi connectivity index (χ4n) is 0. The van der Waals surface area contributed by atoms with Gasteiger partial charge >= 0.3 is 0 Å². The van der Waals surface area contributed by atoms with Gasteiger partial charge in [0, 0.05) is 49.5 Å². The molecule has 25 heavy (non-hydrogen) atoms. The minimum absolute atomic E-state index is 0. The second kappa shape index (κ2) is 103. The van der Waals surface area contributed by atoms with Crippen molar-refractivity contribution in [3.8, 4) is 0 Å². The van der Waals surface area contributed by atoms with Crippen molar-refractivity contribution < 1.29 is 42.3 Å². The van der Waals surface area contributed by atoms with E-state index >= 15 is 0 Å². The molecule has 17 N–H and O–H groups in total. The molecular formula is C12H43ClCoN6O5. The van der Waals surface area contributed by atoms with E-state index in [2.05, 4.69) is 0 Å². The van der Waals surface area contributed by atoms with Crippen LogP contribution in [-0.2, 0) is 16.8 Å². The van der Waals surface area contributed by atoms with Crippen LogP contribution in [-0.4, -0.2) is 97.8 Å². The third kappa shape index (κ3) is 424. The normalized spacial score (nSPS) is 6.72. The summed E-state index contributed by atoms with van der Waals surface area (Å²) in [6.07, 6.45) is 0. The summed E-state index contributed by atoms with van der Waals surface area (Å²) >= 11 is 0. The molecule has 0 fully saturated rings. The van der Waals surface area contributed by atoms with Gasteiger partial charge in [-0.25, -0.2) is 0 Å². The molecule has 0 aliphatic carbocycles. The van der Waals surface area contributed by atoms with Crippen molar-refractivity contribution in [3.63, 3.8) is 0 Å². The van der Waals surface area contributed by atoms with Crippen LogP contribution in [0, 0.1) is 0 Å². The molecule has 0 aliphatic heterocycles. The van der Waals surface area contributed by atoms with E-state index in [0.29, 0.717) is 32.7 Å². The molecule has 0 saturated carbocycles. The van der Waals surface area contributed by atoms with Gasteiger partial charge in [-0.2, -0.15) is 0 Å². The summed E-state index contributed by atoms with van der Waals surface area (Å²) in [6, 6.07) is 0. The van der Waals surface area contributed by atoms with Gasteiger partial charge in [-0.05, 0) is 6.54 Å². The molecule has 167 valence electrons. The molecule has 1 radical (unpaired) electrons. The van der Waals surface area contributed by atoms with Crippen LogP contribution >= 0.6 is 12.4 Å². The Morgan fingerprint density at radius 3 is 0.520 bits per heavy atom. The van der Waals surface area contributed by atoms with E-state index in [9.17, 15) is 0 Å². The SMILES string of the molecule is CCN.Cl.NCCO.NCCO.NCCO.NCCO.NCCO.[Co]. The maximum atomic E-state index is 7.75. The summed E-state index contributed by atoms with van der Waals surface area (Å²) in [7, 11) is 0. The predicted molar refractivity (Wildman–Crippen MR) is 103 cm³/mol. The monoisotopic (exact) mass is 445 g/mol. The van der Waals surface area contributed by atoms with Crippen LogP contribution in [0.5, 0.6) is 0 Å². The zero-order chi connectivity index (χ0) is 19.8. The van der Waals surface area contributed by atoms with Crippen molar-refractivity contribution in [2.45, 2.75) is 6.92 Å². The Labute approximate surface area is 168 Å². The van der Waals surface area contributed by atoms with Gasteiger partial charge in [-0.15, -0.1) is 12.4 Å². The molecule has 0 aliphatic rings. The number of nitrogens with two attached hydrogens (primary N) is 6. The third-order valence-corrected chi connectivity index (χ3v) is 0.645. The molecule has 11 nitrogen and oxygen atoms in total. The Morgan fingerprint density at radius 2 is 0.520 bits per heavy atom. The Morgan fingerprint density at radius 1 is 0.480 bits per heavy atom. The molecule has 0 heterocycles. The molecule has 13 heteroatoms. The molecule has 0 aromatic rings.